The van der Waals surface area contributed by atoms with Gasteiger partial charge in [0, 0.05) is 28.6 Å². The van der Waals surface area contributed by atoms with Crippen LogP contribution in [0.15, 0.2) is 52.8 Å². The van der Waals surface area contributed by atoms with Crippen LogP contribution in [0.1, 0.15) is 64.3 Å². The monoisotopic (exact) mass is 364 g/mol. The number of fused-ring (bicyclic) bond motifs is 1. The topological polar surface area (TPSA) is 17.3 Å². The van der Waals surface area contributed by atoms with Crippen molar-refractivity contribution in [1.29, 1.82) is 0 Å². The predicted octanol–water partition coefficient (Wildman–Crippen LogP) is 6.06. The Bertz CT molecular complexity index is 987. The normalized spacial score (nSPS) is 17.2. The van der Waals surface area contributed by atoms with Crippen LogP contribution in [0.25, 0.3) is 10.8 Å². The number of hydrogen-bond acceptors (Lipinski definition) is 2. The first-order valence-electron chi connectivity index (χ1n) is 9.75. The molecule has 3 heteroatoms. The molecule has 0 amide bonds. The summed E-state index contributed by atoms with van der Waals surface area (Å²) in [4.78, 5) is 6.06. The van der Waals surface area contributed by atoms with E-state index in [1.165, 1.54) is 41.3 Å². The van der Waals surface area contributed by atoms with E-state index in [9.17, 15) is 0 Å². The molecule has 0 aliphatic heterocycles. The van der Waals surface area contributed by atoms with Crippen molar-refractivity contribution in [1.82, 2.24) is 4.57 Å². The summed E-state index contributed by atoms with van der Waals surface area (Å²) in [6, 6.07) is 16.5. The first-order valence-corrected chi connectivity index (χ1v) is 10.6. The molecule has 0 saturated heterocycles. The van der Waals surface area contributed by atoms with Crippen LogP contribution in [-0.4, -0.2) is 10.6 Å². The molecule has 1 aliphatic rings. The standard InChI is InChI=1S/C23H28N2S/c1-16(2)24-22-25(17(3)4)21(15-26-22)23(12-7-13-23)20-11-10-18-8-5-6-9-19(18)14-20/h5-6,8-11,14-17H,7,12-13H2,1-4H3. The van der Waals surface area contributed by atoms with E-state index in [1.54, 1.807) is 11.3 Å². The van der Waals surface area contributed by atoms with Crippen molar-refractivity contribution in [3.8, 4) is 0 Å². The third-order valence-corrected chi connectivity index (χ3v) is 6.48. The second kappa shape index (κ2) is 6.70. The number of aromatic nitrogens is 1. The third-order valence-electron chi connectivity index (χ3n) is 5.63. The van der Waals surface area contributed by atoms with Crippen molar-refractivity contribution in [2.45, 2.75) is 64.5 Å². The van der Waals surface area contributed by atoms with Crippen molar-refractivity contribution < 1.29 is 0 Å². The first kappa shape index (κ1) is 17.5. The predicted molar refractivity (Wildman–Crippen MR) is 112 cm³/mol. The minimum absolute atomic E-state index is 0.148. The number of thiazole rings is 1. The van der Waals surface area contributed by atoms with Gasteiger partial charge in [-0.3, -0.25) is 4.99 Å². The molecule has 26 heavy (non-hydrogen) atoms. The van der Waals surface area contributed by atoms with Crippen molar-refractivity contribution in [2.75, 3.05) is 0 Å². The van der Waals surface area contributed by atoms with E-state index in [-0.39, 0.29) is 5.41 Å². The number of hydrogen-bond donors (Lipinski definition) is 0. The zero-order valence-corrected chi connectivity index (χ0v) is 17.0. The van der Waals surface area contributed by atoms with Crippen LogP contribution in [-0.2, 0) is 5.41 Å². The Morgan fingerprint density at radius 1 is 1.00 bits per heavy atom. The molecule has 2 aromatic carbocycles. The third kappa shape index (κ3) is 2.83. The summed E-state index contributed by atoms with van der Waals surface area (Å²) in [5.74, 6) is 0. The van der Waals surface area contributed by atoms with Crippen molar-refractivity contribution >= 4 is 22.1 Å². The maximum atomic E-state index is 4.90. The maximum Gasteiger partial charge on any atom is 0.185 e. The van der Waals surface area contributed by atoms with Crippen molar-refractivity contribution in [3.63, 3.8) is 0 Å². The second-order valence-electron chi connectivity index (χ2n) is 8.09. The van der Waals surface area contributed by atoms with Crippen LogP contribution >= 0.6 is 11.3 Å². The average molecular weight is 365 g/mol. The van der Waals surface area contributed by atoms with E-state index in [0.717, 1.165) is 4.80 Å². The average Bonchev–Trinajstić information content (AvgIpc) is 2.97. The first-order chi connectivity index (χ1) is 12.5. The van der Waals surface area contributed by atoms with Gasteiger partial charge < -0.3 is 4.57 Å². The van der Waals surface area contributed by atoms with Crippen LogP contribution in [0.2, 0.25) is 0 Å². The molecule has 2 nitrogen and oxygen atoms in total. The lowest BCUT2D eigenvalue weighted by atomic mass is 9.62. The quantitative estimate of drug-likeness (QED) is 0.535. The molecule has 0 N–H and O–H groups in total. The summed E-state index contributed by atoms with van der Waals surface area (Å²) in [6.07, 6.45) is 3.77. The zero-order chi connectivity index (χ0) is 18.3. The highest BCUT2D eigenvalue weighted by atomic mass is 32.1. The van der Waals surface area contributed by atoms with Crippen LogP contribution in [0.3, 0.4) is 0 Å². The molecule has 4 rings (SSSR count). The van der Waals surface area contributed by atoms with Gasteiger partial charge in [0.2, 0.25) is 0 Å². The van der Waals surface area contributed by atoms with E-state index in [4.69, 9.17) is 4.99 Å². The molecule has 0 spiro atoms. The van der Waals surface area contributed by atoms with Crippen LogP contribution < -0.4 is 4.80 Å². The molecule has 0 unspecified atom stereocenters. The molecular formula is C23H28N2S. The number of rotatable bonds is 4. The fourth-order valence-corrected chi connectivity index (χ4v) is 5.44. The minimum Gasteiger partial charge on any atom is -0.318 e. The van der Waals surface area contributed by atoms with E-state index in [0.29, 0.717) is 12.1 Å². The Kier molecular flexibility index (Phi) is 4.52. The highest BCUT2D eigenvalue weighted by Gasteiger charge is 2.43. The van der Waals surface area contributed by atoms with Gasteiger partial charge in [0.25, 0.3) is 0 Å². The molecule has 0 bridgehead atoms. The molecule has 0 atom stereocenters. The molecular weight excluding hydrogens is 336 g/mol. The maximum absolute atomic E-state index is 4.90. The van der Waals surface area contributed by atoms with E-state index >= 15 is 0 Å². The largest absolute Gasteiger partial charge is 0.318 e. The van der Waals surface area contributed by atoms with Gasteiger partial charge in [0.15, 0.2) is 4.80 Å². The molecule has 1 aromatic heterocycles. The lowest BCUT2D eigenvalue weighted by Crippen LogP contribution is -2.39. The van der Waals surface area contributed by atoms with Gasteiger partial charge in [-0.1, -0.05) is 48.9 Å². The van der Waals surface area contributed by atoms with Crippen LogP contribution in [0.4, 0.5) is 0 Å². The Labute approximate surface area is 160 Å². The summed E-state index contributed by atoms with van der Waals surface area (Å²) in [5.41, 5.74) is 3.07. The summed E-state index contributed by atoms with van der Waals surface area (Å²) < 4.78 is 2.49. The lowest BCUT2D eigenvalue weighted by Gasteiger charge is -2.43. The van der Waals surface area contributed by atoms with E-state index in [2.05, 4.69) is 80.1 Å². The van der Waals surface area contributed by atoms with Crippen molar-refractivity contribution in [2.24, 2.45) is 4.99 Å². The fraction of sp³-hybridized carbons (Fsp3) is 0.435. The Morgan fingerprint density at radius 3 is 2.35 bits per heavy atom. The smallest absolute Gasteiger partial charge is 0.185 e. The molecule has 136 valence electrons. The Hall–Kier alpha value is -1.87. The van der Waals surface area contributed by atoms with Gasteiger partial charge in [-0.05, 0) is 56.9 Å². The molecule has 1 aliphatic carbocycles. The van der Waals surface area contributed by atoms with E-state index in [1.807, 2.05) is 0 Å². The van der Waals surface area contributed by atoms with E-state index < -0.39 is 0 Å². The lowest BCUT2D eigenvalue weighted by molar-refractivity contribution is 0.278. The van der Waals surface area contributed by atoms with Gasteiger partial charge in [-0.25, -0.2) is 0 Å². The molecule has 1 fully saturated rings. The summed E-state index contributed by atoms with van der Waals surface area (Å²) in [7, 11) is 0. The zero-order valence-electron chi connectivity index (χ0n) is 16.2. The summed E-state index contributed by atoms with van der Waals surface area (Å²) >= 11 is 1.80. The van der Waals surface area contributed by atoms with Crippen LogP contribution in [0.5, 0.6) is 0 Å². The fourth-order valence-electron chi connectivity index (χ4n) is 4.19. The highest BCUT2D eigenvalue weighted by molar-refractivity contribution is 7.07. The Balaban J connectivity index is 1.90. The van der Waals surface area contributed by atoms with Gasteiger partial charge in [0.1, 0.15) is 0 Å². The molecule has 1 heterocycles. The van der Waals surface area contributed by atoms with Gasteiger partial charge in [0.05, 0.1) is 0 Å². The Morgan fingerprint density at radius 2 is 1.73 bits per heavy atom. The van der Waals surface area contributed by atoms with Gasteiger partial charge in [-0.2, -0.15) is 0 Å². The highest BCUT2D eigenvalue weighted by Crippen LogP contribution is 2.50. The SMILES string of the molecule is CC(C)N=c1scc(C2(c3ccc4ccccc4c3)CCC2)n1C(C)C. The minimum atomic E-state index is 0.148. The molecule has 1 saturated carbocycles. The number of nitrogens with zero attached hydrogens (tertiary/aromatic N) is 2. The number of benzene rings is 2. The van der Waals surface area contributed by atoms with Gasteiger partial charge in [-0.15, -0.1) is 11.3 Å². The summed E-state index contributed by atoms with van der Waals surface area (Å²) in [6.45, 7) is 8.88. The van der Waals surface area contributed by atoms with Gasteiger partial charge >= 0.3 is 0 Å². The molecule has 3 aromatic rings. The van der Waals surface area contributed by atoms with Crippen molar-refractivity contribution in [3.05, 3.63) is 63.9 Å². The second-order valence-corrected chi connectivity index (χ2v) is 8.92. The summed E-state index contributed by atoms with van der Waals surface area (Å²) in [5, 5.41) is 5.04. The van der Waals surface area contributed by atoms with Crippen LogP contribution in [0, 0.1) is 0 Å². The molecule has 0 radical (unpaired) electrons.